The smallest absolute Gasteiger partial charge is 0.331 e. The minimum absolute atomic E-state index is 0.0217. The van der Waals surface area contributed by atoms with Gasteiger partial charge < -0.3 is 68.9 Å². The van der Waals surface area contributed by atoms with E-state index >= 15 is 0 Å². The van der Waals surface area contributed by atoms with Gasteiger partial charge in [-0.3, -0.25) is 0 Å². The first kappa shape index (κ1) is 35.3. The zero-order chi connectivity index (χ0) is 33.5. The second-order valence-electron chi connectivity index (χ2n) is 10.8. The maximum Gasteiger partial charge on any atom is 0.331 e. The Labute approximate surface area is 264 Å². The molecule has 0 aromatic heterocycles. The van der Waals surface area contributed by atoms with Crippen molar-refractivity contribution < 1.29 is 73.7 Å². The van der Waals surface area contributed by atoms with Gasteiger partial charge in [0.25, 0.3) is 0 Å². The number of hydrogen-bond acceptors (Lipinski definition) is 15. The van der Waals surface area contributed by atoms with Gasteiger partial charge in [-0.25, -0.2) is 4.79 Å². The van der Waals surface area contributed by atoms with E-state index in [1.54, 1.807) is 12.1 Å². The number of methoxy groups -OCH3 is 2. The largest absolute Gasteiger partial charge is 0.504 e. The summed E-state index contributed by atoms with van der Waals surface area (Å²) in [5.41, 5.74) is 1.16. The molecule has 0 spiro atoms. The molecular weight excluding hydrogens is 612 g/mol. The molecule has 0 aliphatic carbocycles. The molecule has 46 heavy (non-hydrogen) atoms. The Hall–Kier alpha value is -3.51. The number of hydrogen-bond donors (Lipinski definition) is 7. The van der Waals surface area contributed by atoms with E-state index in [0.29, 0.717) is 16.9 Å². The van der Waals surface area contributed by atoms with Gasteiger partial charge in [-0.1, -0.05) is 12.1 Å². The molecule has 10 atom stereocenters. The summed E-state index contributed by atoms with van der Waals surface area (Å²) in [7, 11) is 2.79. The first-order valence-corrected chi connectivity index (χ1v) is 14.5. The van der Waals surface area contributed by atoms with Crippen molar-refractivity contribution in [2.24, 2.45) is 0 Å². The fraction of sp³-hybridized carbons (Fsp3) is 0.516. The van der Waals surface area contributed by atoms with Crippen molar-refractivity contribution in [1.82, 2.24) is 0 Å². The Morgan fingerprint density at radius 2 is 1.59 bits per heavy atom. The number of phenolic OH excluding ortho intramolecular Hbond substituents is 2. The van der Waals surface area contributed by atoms with Crippen LogP contribution in [0.4, 0.5) is 0 Å². The summed E-state index contributed by atoms with van der Waals surface area (Å²) in [6.07, 6.45) is -12.1. The summed E-state index contributed by atoms with van der Waals surface area (Å²) in [5, 5.41) is 72.3. The number of carbonyl (C=O) groups is 1. The average molecular weight is 653 g/mol. The number of carbonyl (C=O) groups excluding carboxylic acids is 1. The van der Waals surface area contributed by atoms with Gasteiger partial charge in [0.15, 0.2) is 41.7 Å². The second-order valence-corrected chi connectivity index (χ2v) is 10.8. The van der Waals surface area contributed by atoms with Crippen LogP contribution < -0.4 is 9.47 Å². The number of aliphatic hydroxyl groups is 5. The van der Waals surface area contributed by atoms with E-state index in [-0.39, 0.29) is 30.3 Å². The molecule has 0 bridgehead atoms. The van der Waals surface area contributed by atoms with Gasteiger partial charge in [-0.15, -0.1) is 0 Å². The van der Waals surface area contributed by atoms with Gasteiger partial charge >= 0.3 is 5.97 Å². The number of aromatic hydroxyl groups is 2. The van der Waals surface area contributed by atoms with Gasteiger partial charge in [0, 0.05) is 6.08 Å². The highest BCUT2D eigenvalue weighted by atomic mass is 16.7. The summed E-state index contributed by atoms with van der Waals surface area (Å²) in [5.74, 6) is -0.625. The Morgan fingerprint density at radius 1 is 0.848 bits per heavy atom. The monoisotopic (exact) mass is 652 g/mol. The summed E-state index contributed by atoms with van der Waals surface area (Å²) in [6.45, 7) is 0.712. The van der Waals surface area contributed by atoms with Crippen molar-refractivity contribution in [2.45, 2.75) is 74.8 Å². The quantitative estimate of drug-likeness (QED) is 0.114. The van der Waals surface area contributed by atoms with Crippen molar-refractivity contribution in [3.63, 3.8) is 0 Å². The van der Waals surface area contributed by atoms with Crippen LogP contribution in [0.3, 0.4) is 0 Å². The van der Waals surface area contributed by atoms with Gasteiger partial charge in [-0.2, -0.15) is 0 Å². The number of aliphatic hydroxyl groups excluding tert-OH is 5. The molecule has 7 N–H and O–H groups in total. The fourth-order valence-electron chi connectivity index (χ4n) is 5.08. The van der Waals surface area contributed by atoms with Crippen LogP contribution in [-0.4, -0.2) is 131 Å². The molecule has 4 rings (SSSR count). The zero-order valence-electron chi connectivity index (χ0n) is 25.4. The molecule has 15 nitrogen and oxygen atoms in total. The Kier molecular flexibility index (Phi) is 12.2. The maximum absolute atomic E-state index is 12.9. The molecule has 15 heteroatoms. The summed E-state index contributed by atoms with van der Waals surface area (Å²) in [4.78, 5) is 12.9. The maximum atomic E-state index is 12.9. The Bertz CT molecular complexity index is 1340. The highest BCUT2D eigenvalue weighted by Gasteiger charge is 2.52. The van der Waals surface area contributed by atoms with E-state index in [1.165, 1.54) is 51.5 Å². The fourth-order valence-corrected chi connectivity index (χ4v) is 5.08. The minimum Gasteiger partial charge on any atom is -0.504 e. The third-order valence-electron chi connectivity index (χ3n) is 7.68. The van der Waals surface area contributed by atoms with E-state index in [2.05, 4.69) is 0 Å². The third-order valence-corrected chi connectivity index (χ3v) is 7.68. The van der Waals surface area contributed by atoms with Crippen LogP contribution >= 0.6 is 0 Å². The van der Waals surface area contributed by atoms with Gasteiger partial charge in [-0.05, 0) is 54.8 Å². The molecular formula is C31H40O15. The van der Waals surface area contributed by atoms with Crippen LogP contribution in [0.15, 0.2) is 42.5 Å². The van der Waals surface area contributed by atoms with E-state index < -0.39 is 74.0 Å². The van der Waals surface area contributed by atoms with Crippen molar-refractivity contribution in [2.75, 3.05) is 27.4 Å². The molecule has 0 amide bonds. The van der Waals surface area contributed by atoms with E-state index in [1.807, 2.05) is 0 Å². The highest BCUT2D eigenvalue weighted by Crippen LogP contribution is 2.32. The molecule has 2 aromatic carbocycles. The lowest BCUT2D eigenvalue weighted by molar-refractivity contribution is -0.357. The number of esters is 1. The first-order chi connectivity index (χ1) is 22.0. The minimum atomic E-state index is -1.75. The highest BCUT2D eigenvalue weighted by molar-refractivity contribution is 5.87. The number of ether oxygens (including phenoxy) is 7. The molecule has 2 aromatic rings. The Balaban J connectivity index is 1.52. The molecule has 0 saturated carbocycles. The van der Waals surface area contributed by atoms with Gasteiger partial charge in [0.05, 0.1) is 33.5 Å². The topological polar surface area (TPSA) is 223 Å². The molecule has 0 unspecified atom stereocenters. The van der Waals surface area contributed by atoms with Crippen LogP contribution in [0.1, 0.15) is 18.1 Å². The number of rotatable bonds is 12. The van der Waals surface area contributed by atoms with Crippen LogP contribution in [0.5, 0.6) is 23.0 Å². The standard InChI is InChI=1S/C31H40O15/c1-15-24(36)25(37)26(38)31(43-15)46-29-27(39)30(42-11-10-17-5-8-20(40-2)19(34)12-17)44-22(14-32)28(29)45-23(35)9-6-16-4-7-18(33)21(13-16)41-3/h4-9,12-13,15,22,24-34,36-39H,10-11,14H2,1-3H3/t15-,22+,24-,25+,26+,27+,28+,29-,30+,31-/m0/s1. The molecule has 2 fully saturated rings. The summed E-state index contributed by atoms with van der Waals surface area (Å²) < 4.78 is 38.6. The molecule has 2 saturated heterocycles. The Morgan fingerprint density at radius 3 is 2.26 bits per heavy atom. The number of phenols is 2. The second kappa shape index (κ2) is 15.9. The van der Waals surface area contributed by atoms with Crippen LogP contribution in [0.2, 0.25) is 0 Å². The zero-order valence-corrected chi connectivity index (χ0v) is 25.4. The van der Waals surface area contributed by atoms with E-state index in [0.717, 1.165) is 6.08 Å². The molecule has 254 valence electrons. The van der Waals surface area contributed by atoms with Crippen molar-refractivity contribution in [3.05, 3.63) is 53.6 Å². The van der Waals surface area contributed by atoms with E-state index in [9.17, 15) is 40.5 Å². The van der Waals surface area contributed by atoms with Gasteiger partial charge in [0.2, 0.25) is 0 Å². The third kappa shape index (κ3) is 8.25. The predicted molar refractivity (Wildman–Crippen MR) is 157 cm³/mol. The summed E-state index contributed by atoms with van der Waals surface area (Å²) >= 11 is 0. The van der Waals surface area contributed by atoms with Gasteiger partial charge in [0.1, 0.15) is 36.6 Å². The molecule has 2 aliphatic rings. The van der Waals surface area contributed by atoms with Crippen LogP contribution in [0.25, 0.3) is 6.08 Å². The normalized spacial score (nSPS) is 31.5. The first-order valence-electron chi connectivity index (χ1n) is 14.5. The van der Waals surface area contributed by atoms with Crippen molar-refractivity contribution >= 4 is 12.0 Å². The number of benzene rings is 2. The SMILES string of the molecule is COc1ccc(CCO[C@@H]2O[C@H](CO)[C@@H](OC(=O)C=Cc3ccc(O)c(OC)c3)[C@@H](O[C@@H]3O[C@@H](C)[C@H](O)[C@@H](O)[C@H]3O)[C@H]2O)cc1O. The lowest BCUT2D eigenvalue weighted by Gasteiger charge is -2.46. The van der Waals surface area contributed by atoms with Crippen molar-refractivity contribution in [1.29, 1.82) is 0 Å². The molecule has 0 radical (unpaired) electrons. The average Bonchev–Trinajstić information content (AvgIpc) is 3.04. The lowest BCUT2D eigenvalue weighted by Crippen LogP contribution is -2.65. The van der Waals surface area contributed by atoms with E-state index in [4.69, 9.17) is 33.2 Å². The molecule has 2 heterocycles. The lowest BCUT2D eigenvalue weighted by atomic mass is 9.97. The van der Waals surface area contributed by atoms with Crippen molar-refractivity contribution in [3.8, 4) is 23.0 Å². The van der Waals surface area contributed by atoms with Crippen LogP contribution in [-0.2, 0) is 34.9 Å². The summed E-state index contributed by atoms with van der Waals surface area (Å²) in [6, 6.07) is 9.16. The van der Waals surface area contributed by atoms with Crippen LogP contribution in [0, 0.1) is 0 Å². The predicted octanol–water partition coefficient (Wildman–Crippen LogP) is -0.410. The molecule has 2 aliphatic heterocycles.